The number of fused-ring (bicyclic) bond motifs is 1. The molecule has 3 rings (SSSR count). The molecule has 0 aliphatic carbocycles. The van der Waals surface area contributed by atoms with Crippen LogP contribution in [0.25, 0.3) is 0 Å². The first-order valence-electron chi connectivity index (χ1n) is 7.34. The fourth-order valence-electron chi connectivity index (χ4n) is 2.28. The molecule has 0 radical (unpaired) electrons. The Morgan fingerprint density at radius 1 is 1.12 bits per heavy atom. The molecule has 6 nitrogen and oxygen atoms in total. The number of anilines is 1. The van der Waals surface area contributed by atoms with Gasteiger partial charge in [-0.1, -0.05) is 15.9 Å². The second kappa shape index (κ2) is 6.90. The molecule has 0 atom stereocenters. The molecule has 0 fully saturated rings. The van der Waals surface area contributed by atoms with Gasteiger partial charge in [0.2, 0.25) is 0 Å². The van der Waals surface area contributed by atoms with Crippen LogP contribution in [-0.4, -0.2) is 28.2 Å². The van der Waals surface area contributed by atoms with Gasteiger partial charge in [0.15, 0.2) is 11.5 Å². The van der Waals surface area contributed by atoms with Gasteiger partial charge in [-0.3, -0.25) is 4.72 Å². The fraction of sp³-hybridized carbons (Fsp3) is 0.250. The summed E-state index contributed by atoms with van der Waals surface area (Å²) < 4.78 is 45.0. The van der Waals surface area contributed by atoms with E-state index < -0.39 is 10.0 Å². The summed E-state index contributed by atoms with van der Waals surface area (Å²) in [7, 11) is -3.82. The Morgan fingerprint density at radius 2 is 1.88 bits per heavy atom. The van der Waals surface area contributed by atoms with Gasteiger partial charge >= 0.3 is 0 Å². The predicted molar refractivity (Wildman–Crippen MR) is 93.6 cm³/mol. The summed E-state index contributed by atoms with van der Waals surface area (Å²) in [5, 5.41) is 0. The van der Waals surface area contributed by atoms with E-state index in [1.807, 2.05) is 0 Å². The third-order valence-electron chi connectivity index (χ3n) is 3.29. The number of hydrogen-bond donors (Lipinski definition) is 1. The van der Waals surface area contributed by atoms with E-state index >= 15 is 0 Å². The summed E-state index contributed by atoms with van der Waals surface area (Å²) >= 11 is 3.29. The van der Waals surface area contributed by atoms with Gasteiger partial charge in [-0.15, -0.1) is 0 Å². The van der Waals surface area contributed by atoms with Gasteiger partial charge in [0.25, 0.3) is 10.0 Å². The van der Waals surface area contributed by atoms with Crippen LogP contribution < -0.4 is 18.9 Å². The number of ether oxygens (including phenoxy) is 3. The first-order valence-corrected chi connectivity index (χ1v) is 9.62. The number of hydrogen-bond acceptors (Lipinski definition) is 5. The van der Waals surface area contributed by atoms with Crippen molar-refractivity contribution in [1.29, 1.82) is 0 Å². The molecule has 0 spiro atoms. The average molecular weight is 414 g/mol. The van der Waals surface area contributed by atoms with Gasteiger partial charge in [-0.05, 0) is 37.3 Å². The van der Waals surface area contributed by atoms with E-state index in [4.69, 9.17) is 14.2 Å². The van der Waals surface area contributed by atoms with E-state index in [0.717, 1.165) is 0 Å². The molecular weight excluding hydrogens is 398 g/mol. The lowest BCUT2D eigenvalue weighted by molar-refractivity contribution is 0.171. The molecular formula is C16H16BrNO5S. The second-order valence-electron chi connectivity index (χ2n) is 4.99. The SMILES string of the molecule is CCOc1ccc(Br)cc1S(=O)(=O)Nc1ccc2c(c1)OCCO2. The average Bonchev–Trinajstić information content (AvgIpc) is 2.56. The lowest BCUT2D eigenvalue weighted by Gasteiger charge is -2.19. The second-order valence-corrected chi connectivity index (χ2v) is 7.55. The molecule has 8 heteroatoms. The topological polar surface area (TPSA) is 73.9 Å². The van der Waals surface area contributed by atoms with Crippen molar-refractivity contribution in [3.63, 3.8) is 0 Å². The van der Waals surface area contributed by atoms with Crippen LogP contribution in [0, 0.1) is 0 Å². The number of benzene rings is 2. The molecule has 0 bridgehead atoms. The van der Waals surface area contributed by atoms with Gasteiger partial charge in [0.1, 0.15) is 23.9 Å². The predicted octanol–water partition coefficient (Wildman–Crippen LogP) is 3.42. The maximum Gasteiger partial charge on any atom is 0.265 e. The zero-order chi connectivity index (χ0) is 17.2. The fourth-order valence-corrected chi connectivity index (χ4v) is 4.02. The highest BCUT2D eigenvalue weighted by atomic mass is 79.9. The van der Waals surface area contributed by atoms with Crippen molar-refractivity contribution >= 4 is 31.6 Å². The van der Waals surface area contributed by atoms with Crippen LogP contribution in [0.15, 0.2) is 45.8 Å². The molecule has 2 aromatic carbocycles. The molecule has 0 amide bonds. The molecule has 0 unspecified atom stereocenters. The van der Waals surface area contributed by atoms with Crippen molar-refractivity contribution in [2.45, 2.75) is 11.8 Å². The van der Waals surface area contributed by atoms with Gasteiger partial charge < -0.3 is 14.2 Å². The highest BCUT2D eigenvalue weighted by molar-refractivity contribution is 9.10. The number of rotatable bonds is 5. The normalized spacial score (nSPS) is 13.4. The Labute approximate surface area is 148 Å². The largest absolute Gasteiger partial charge is 0.492 e. The van der Waals surface area contributed by atoms with E-state index in [0.29, 0.717) is 47.2 Å². The van der Waals surface area contributed by atoms with Crippen LogP contribution in [0.5, 0.6) is 17.2 Å². The Hall–Kier alpha value is -1.93. The van der Waals surface area contributed by atoms with Gasteiger partial charge in [0.05, 0.1) is 12.3 Å². The van der Waals surface area contributed by atoms with Crippen LogP contribution >= 0.6 is 15.9 Å². The summed E-state index contributed by atoms with van der Waals surface area (Å²) in [5.41, 5.74) is 0.390. The molecule has 1 aliphatic rings. The third-order valence-corrected chi connectivity index (χ3v) is 5.19. The highest BCUT2D eigenvalue weighted by Crippen LogP contribution is 2.34. The van der Waals surface area contributed by atoms with E-state index in [9.17, 15) is 8.42 Å². The first kappa shape index (κ1) is 16.9. The first-order chi connectivity index (χ1) is 11.5. The van der Waals surface area contributed by atoms with Crippen LogP contribution in [0.4, 0.5) is 5.69 Å². The monoisotopic (exact) mass is 413 g/mol. The minimum Gasteiger partial charge on any atom is -0.492 e. The summed E-state index contributed by atoms with van der Waals surface area (Å²) in [6.45, 7) is 3.08. The highest BCUT2D eigenvalue weighted by Gasteiger charge is 2.21. The lowest BCUT2D eigenvalue weighted by Crippen LogP contribution is -2.17. The lowest BCUT2D eigenvalue weighted by atomic mass is 10.3. The smallest absolute Gasteiger partial charge is 0.265 e. The summed E-state index contributed by atoms with van der Waals surface area (Å²) in [6, 6.07) is 9.76. The third kappa shape index (κ3) is 3.59. The molecule has 128 valence electrons. The number of nitrogens with one attached hydrogen (secondary N) is 1. The molecule has 0 saturated carbocycles. The Kier molecular flexibility index (Phi) is 4.86. The van der Waals surface area contributed by atoms with Crippen LogP contribution in [0.2, 0.25) is 0 Å². The van der Waals surface area contributed by atoms with E-state index in [2.05, 4.69) is 20.7 Å². The van der Waals surface area contributed by atoms with Crippen LogP contribution in [0.1, 0.15) is 6.92 Å². The van der Waals surface area contributed by atoms with Crippen molar-refractivity contribution < 1.29 is 22.6 Å². The zero-order valence-electron chi connectivity index (χ0n) is 12.9. The Morgan fingerprint density at radius 3 is 2.62 bits per heavy atom. The molecule has 24 heavy (non-hydrogen) atoms. The van der Waals surface area contributed by atoms with Gasteiger partial charge in [-0.2, -0.15) is 0 Å². The zero-order valence-corrected chi connectivity index (χ0v) is 15.3. The number of halogens is 1. The number of sulfonamides is 1. The maximum absolute atomic E-state index is 12.7. The van der Waals surface area contributed by atoms with E-state index in [1.54, 1.807) is 37.3 Å². The summed E-state index contributed by atoms with van der Waals surface area (Å²) in [4.78, 5) is 0.0635. The van der Waals surface area contributed by atoms with E-state index in [1.165, 1.54) is 6.07 Å². The van der Waals surface area contributed by atoms with E-state index in [-0.39, 0.29) is 4.90 Å². The minimum atomic E-state index is -3.82. The van der Waals surface area contributed by atoms with Crippen molar-refractivity contribution in [2.75, 3.05) is 24.5 Å². The van der Waals surface area contributed by atoms with Crippen molar-refractivity contribution in [3.05, 3.63) is 40.9 Å². The molecule has 1 N–H and O–H groups in total. The van der Waals surface area contributed by atoms with Crippen LogP contribution in [-0.2, 0) is 10.0 Å². The quantitative estimate of drug-likeness (QED) is 0.812. The molecule has 0 aromatic heterocycles. The summed E-state index contributed by atoms with van der Waals surface area (Å²) in [6.07, 6.45) is 0. The Balaban J connectivity index is 1.93. The molecule has 1 aliphatic heterocycles. The maximum atomic E-state index is 12.7. The molecule has 2 aromatic rings. The van der Waals surface area contributed by atoms with Crippen molar-refractivity contribution in [3.8, 4) is 17.2 Å². The van der Waals surface area contributed by atoms with Crippen molar-refractivity contribution in [1.82, 2.24) is 0 Å². The van der Waals surface area contributed by atoms with Gasteiger partial charge in [0, 0.05) is 10.5 Å². The molecule has 0 saturated heterocycles. The van der Waals surface area contributed by atoms with Crippen molar-refractivity contribution in [2.24, 2.45) is 0 Å². The minimum absolute atomic E-state index is 0.0635. The van der Waals surface area contributed by atoms with Gasteiger partial charge in [-0.25, -0.2) is 8.42 Å². The molecule has 1 heterocycles. The van der Waals surface area contributed by atoms with Crippen LogP contribution in [0.3, 0.4) is 0 Å². The Bertz CT molecular complexity index is 854. The standard InChI is InChI=1S/C16H16BrNO5S/c1-2-21-14-5-3-11(17)9-16(14)24(19,20)18-12-4-6-13-15(10-12)23-8-7-22-13/h3-6,9-10,18H,2,7-8H2,1H3. The summed E-state index contributed by atoms with van der Waals surface area (Å²) in [5.74, 6) is 1.41.